The maximum absolute atomic E-state index is 11.3. The number of carbonyl (C=O) groups excluding carboxylic acids is 1. The highest BCUT2D eigenvalue weighted by Crippen LogP contribution is 2.27. The van der Waals surface area contributed by atoms with Crippen LogP contribution in [0.25, 0.3) is 23.5 Å². The number of Topliss-reactive ketones (excluding diaryl/α,β-unsaturated/α-hetero) is 1. The molecule has 0 amide bonds. The van der Waals surface area contributed by atoms with Crippen molar-refractivity contribution in [3.63, 3.8) is 0 Å². The summed E-state index contributed by atoms with van der Waals surface area (Å²) < 4.78 is 10.6. The van der Waals surface area contributed by atoms with Gasteiger partial charge in [0, 0.05) is 11.1 Å². The summed E-state index contributed by atoms with van der Waals surface area (Å²) in [6.07, 6.45) is 3.01. The van der Waals surface area contributed by atoms with Crippen molar-refractivity contribution in [3.05, 3.63) is 69.3 Å². The Hall–Kier alpha value is -3.48. The monoisotopic (exact) mass is 338 g/mol. The van der Waals surface area contributed by atoms with Crippen LogP contribution in [0, 0.1) is 17.0 Å². The van der Waals surface area contributed by atoms with Crippen molar-refractivity contribution >= 4 is 23.6 Å². The minimum Gasteiger partial charge on any atom is -0.457 e. The Labute approximate surface area is 142 Å². The molecule has 0 atom stereocenters. The van der Waals surface area contributed by atoms with Crippen LogP contribution in [0.4, 0.5) is 5.69 Å². The fourth-order valence-electron chi connectivity index (χ4n) is 2.34. The third-order valence-corrected chi connectivity index (χ3v) is 3.64. The lowest BCUT2D eigenvalue weighted by atomic mass is 10.1. The molecule has 0 saturated heterocycles. The van der Waals surface area contributed by atoms with Gasteiger partial charge in [-0.05, 0) is 38.1 Å². The maximum atomic E-state index is 11.3. The zero-order valence-electron chi connectivity index (χ0n) is 13.6. The van der Waals surface area contributed by atoms with E-state index in [1.807, 2.05) is 0 Å². The highest BCUT2D eigenvalue weighted by molar-refractivity contribution is 5.94. The molecule has 0 aliphatic rings. The summed E-state index contributed by atoms with van der Waals surface area (Å²) in [6.45, 7) is 3.02. The van der Waals surface area contributed by atoms with Gasteiger partial charge in [0.05, 0.1) is 4.92 Å². The molecule has 0 saturated carbocycles. The number of hydrogen-bond acceptors (Lipinski definition) is 6. The Morgan fingerprint density at radius 1 is 1.16 bits per heavy atom. The van der Waals surface area contributed by atoms with Crippen LogP contribution in [0.2, 0.25) is 0 Å². The lowest BCUT2D eigenvalue weighted by Crippen LogP contribution is -1.90. The minimum absolute atomic E-state index is 0.00133. The van der Waals surface area contributed by atoms with E-state index in [-0.39, 0.29) is 22.9 Å². The third-order valence-electron chi connectivity index (χ3n) is 3.64. The number of hydrogen-bond donors (Lipinski definition) is 0. The maximum Gasteiger partial charge on any atom is 0.338 e. The van der Waals surface area contributed by atoms with Crippen molar-refractivity contribution in [1.82, 2.24) is 5.16 Å². The number of rotatable bonds is 5. The Kier molecular flexibility index (Phi) is 4.30. The molecule has 0 unspecified atom stereocenters. The Balaban J connectivity index is 1.82. The summed E-state index contributed by atoms with van der Waals surface area (Å²) in [4.78, 5) is 21.8. The Morgan fingerprint density at radius 3 is 2.52 bits per heavy atom. The first kappa shape index (κ1) is 16.4. The number of nitro groups is 1. The molecule has 0 aliphatic carbocycles. The summed E-state index contributed by atoms with van der Waals surface area (Å²) >= 11 is 0. The first-order chi connectivity index (χ1) is 12.0. The third kappa shape index (κ3) is 3.40. The van der Waals surface area contributed by atoms with Crippen molar-refractivity contribution in [2.75, 3.05) is 0 Å². The molecule has 0 bridgehead atoms. The van der Waals surface area contributed by atoms with Crippen LogP contribution in [0.1, 0.15) is 34.5 Å². The predicted molar refractivity (Wildman–Crippen MR) is 91.0 cm³/mol. The Morgan fingerprint density at radius 2 is 1.88 bits per heavy atom. The van der Waals surface area contributed by atoms with Gasteiger partial charge < -0.3 is 8.94 Å². The predicted octanol–water partition coefficient (Wildman–Crippen LogP) is 4.52. The summed E-state index contributed by atoms with van der Waals surface area (Å²) in [5, 5.41) is 14.6. The number of furan rings is 1. The molecule has 0 fully saturated rings. The van der Waals surface area contributed by atoms with Gasteiger partial charge in [-0.3, -0.25) is 14.9 Å². The molecule has 2 aromatic heterocycles. The number of aryl methyl sites for hydroxylation is 1. The second-order valence-corrected chi connectivity index (χ2v) is 5.41. The van der Waals surface area contributed by atoms with Gasteiger partial charge in [-0.25, -0.2) is 0 Å². The fourth-order valence-corrected chi connectivity index (χ4v) is 2.34. The van der Waals surface area contributed by atoms with E-state index in [0.29, 0.717) is 17.1 Å². The normalized spacial score (nSPS) is 11.1. The first-order valence-corrected chi connectivity index (χ1v) is 7.45. The zero-order valence-corrected chi connectivity index (χ0v) is 13.6. The molecular formula is C18H14N2O5. The van der Waals surface area contributed by atoms with Crippen LogP contribution in [0.3, 0.4) is 0 Å². The number of nitrogens with zero attached hydrogens (tertiary/aromatic N) is 2. The summed E-state index contributed by atoms with van der Waals surface area (Å²) in [6, 6.07) is 10.6. The van der Waals surface area contributed by atoms with Crippen LogP contribution in [0.5, 0.6) is 0 Å². The molecule has 0 aliphatic heterocycles. The van der Waals surface area contributed by atoms with Crippen LogP contribution < -0.4 is 0 Å². The van der Waals surface area contributed by atoms with Gasteiger partial charge in [-0.15, -0.1) is 0 Å². The number of aromatic nitrogens is 1. The zero-order chi connectivity index (χ0) is 18.0. The molecule has 126 valence electrons. The van der Waals surface area contributed by atoms with Crippen molar-refractivity contribution in [2.24, 2.45) is 0 Å². The molecular weight excluding hydrogens is 324 g/mol. The fraction of sp³-hybridized carbons (Fsp3) is 0.111. The van der Waals surface area contributed by atoms with E-state index in [0.717, 1.165) is 5.56 Å². The molecule has 3 rings (SSSR count). The molecule has 2 heterocycles. The molecule has 1 aromatic carbocycles. The van der Waals surface area contributed by atoms with Gasteiger partial charge in [0.15, 0.2) is 11.5 Å². The summed E-state index contributed by atoms with van der Waals surface area (Å²) in [5.41, 5.74) is 1.51. The summed E-state index contributed by atoms with van der Waals surface area (Å²) in [5.74, 6) is 1.19. The molecule has 0 radical (unpaired) electrons. The molecule has 3 aromatic rings. The summed E-state index contributed by atoms with van der Waals surface area (Å²) in [7, 11) is 0. The van der Waals surface area contributed by atoms with E-state index in [4.69, 9.17) is 8.94 Å². The highest BCUT2D eigenvalue weighted by Gasteiger charge is 2.22. The van der Waals surface area contributed by atoms with E-state index >= 15 is 0 Å². The first-order valence-electron chi connectivity index (χ1n) is 7.45. The van der Waals surface area contributed by atoms with Crippen molar-refractivity contribution in [2.45, 2.75) is 13.8 Å². The number of ketones is 1. The van der Waals surface area contributed by atoms with Crippen molar-refractivity contribution in [3.8, 4) is 11.3 Å². The Bertz CT molecular complexity index is 964. The molecule has 7 nitrogen and oxygen atoms in total. The van der Waals surface area contributed by atoms with E-state index in [9.17, 15) is 14.9 Å². The highest BCUT2D eigenvalue weighted by atomic mass is 16.6. The van der Waals surface area contributed by atoms with E-state index in [1.54, 1.807) is 42.5 Å². The standard InChI is InChI=1S/C18H14N2O5/c1-11-18(20(22)23)17(25-19-11)10-8-15-7-9-16(24-15)14-5-3-13(4-6-14)12(2)21/h3-10H,1-2H3. The lowest BCUT2D eigenvalue weighted by Gasteiger charge is -1.98. The van der Waals surface area contributed by atoms with Gasteiger partial charge in [0.25, 0.3) is 0 Å². The number of carbonyl (C=O) groups is 1. The van der Waals surface area contributed by atoms with Crippen LogP contribution in [0.15, 0.2) is 45.3 Å². The van der Waals surface area contributed by atoms with Crippen LogP contribution in [-0.4, -0.2) is 15.9 Å². The van der Waals surface area contributed by atoms with E-state index in [1.165, 1.54) is 19.9 Å². The van der Waals surface area contributed by atoms with Crippen molar-refractivity contribution < 1.29 is 18.7 Å². The molecule has 7 heteroatoms. The second kappa shape index (κ2) is 6.56. The quantitative estimate of drug-likeness (QED) is 0.385. The van der Waals surface area contributed by atoms with Crippen LogP contribution >= 0.6 is 0 Å². The SMILES string of the molecule is CC(=O)c1ccc(-c2ccc(C=Cc3onc(C)c3[N+](=O)[O-])o2)cc1. The topological polar surface area (TPSA) is 99.4 Å². The second-order valence-electron chi connectivity index (χ2n) is 5.41. The average molecular weight is 338 g/mol. The van der Waals surface area contributed by atoms with Gasteiger partial charge >= 0.3 is 5.69 Å². The number of benzene rings is 1. The molecule has 25 heavy (non-hydrogen) atoms. The van der Waals surface area contributed by atoms with Crippen LogP contribution in [-0.2, 0) is 0 Å². The molecule has 0 N–H and O–H groups in total. The van der Waals surface area contributed by atoms with E-state index < -0.39 is 4.92 Å². The molecule has 0 spiro atoms. The average Bonchev–Trinajstić information content (AvgIpc) is 3.19. The van der Waals surface area contributed by atoms with E-state index in [2.05, 4.69) is 5.16 Å². The minimum atomic E-state index is -0.532. The lowest BCUT2D eigenvalue weighted by molar-refractivity contribution is -0.386. The van der Waals surface area contributed by atoms with Crippen molar-refractivity contribution in [1.29, 1.82) is 0 Å². The van der Waals surface area contributed by atoms with Gasteiger partial charge in [-0.1, -0.05) is 29.4 Å². The van der Waals surface area contributed by atoms with Gasteiger partial charge in [0.2, 0.25) is 5.76 Å². The largest absolute Gasteiger partial charge is 0.457 e. The smallest absolute Gasteiger partial charge is 0.338 e. The van der Waals surface area contributed by atoms with Gasteiger partial charge in [0.1, 0.15) is 11.5 Å². The van der Waals surface area contributed by atoms with Gasteiger partial charge in [-0.2, -0.15) is 0 Å².